The minimum absolute atomic E-state index is 0.0673. The monoisotopic (exact) mass is 837 g/mol. The average molecular weight is 837 g/mol. The first kappa shape index (κ1) is 47.1. The fourth-order valence-corrected chi connectivity index (χ4v) is 8.13. The van der Waals surface area contributed by atoms with Gasteiger partial charge in [-0.25, -0.2) is 18.6 Å². The van der Waals surface area contributed by atoms with E-state index in [1.54, 1.807) is 23.1 Å². The molecule has 2 fully saturated rings. The standard InChI is InChI=1S/C28H37FN2O3.C23H29FN2O/c1-20-14-21(2)30-25(15-20)17-23-18-31(27(32)34-28(3,4)5)19-26(23)33-13-8-6-7-10-22-11-9-12-24(29)16-22;1-17-13-21(26-23(25)14-17)16-19-9-6-11-22(19)27-12-4-2-3-7-18-8-5-10-20(24)15-18/h7,9-12,14-16,23,26H,6,8,13,17-19H2,1-5H3;3,5,7-8,10,13-15,19,22H,2,4,6,9,11-12,16H2,1H3,(H2,25,26)/b10-7+;7-3+/t23-,26+;19-,22-/m10/s1. The van der Waals surface area contributed by atoms with Gasteiger partial charge in [-0.2, -0.15) is 0 Å². The fourth-order valence-electron chi connectivity index (χ4n) is 8.13. The number of nitrogen functional groups attached to an aromatic ring is 1. The Balaban J connectivity index is 0.000000237. The summed E-state index contributed by atoms with van der Waals surface area (Å²) in [6, 6.07) is 21.4. The van der Waals surface area contributed by atoms with E-state index in [1.807, 2.05) is 64.1 Å². The second-order valence-corrected chi connectivity index (χ2v) is 17.6. The van der Waals surface area contributed by atoms with Crippen LogP contribution in [-0.4, -0.2) is 65.1 Å². The molecule has 2 N–H and O–H groups in total. The Kier molecular flexibility index (Phi) is 18.0. The molecule has 61 heavy (non-hydrogen) atoms. The second kappa shape index (κ2) is 23.3. The molecule has 1 amide bonds. The lowest BCUT2D eigenvalue weighted by molar-refractivity contribution is 0.0175. The van der Waals surface area contributed by atoms with Crippen LogP contribution >= 0.6 is 0 Å². The quantitative estimate of drug-likeness (QED) is 0.112. The van der Waals surface area contributed by atoms with Gasteiger partial charge < -0.3 is 24.8 Å². The number of halogens is 2. The number of pyridine rings is 2. The molecule has 1 aliphatic carbocycles. The van der Waals surface area contributed by atoms with Crippen LogP contribution in [0.15, 0.2) is 84.9 Å². The van der Waals surface area contributed by atoms with Crippen LogP contribution in [0.5, 0.6) is 0 Å². The van der Waals surface area contributed by atoms with Gasteiger partial charge in [0.15, 0.2) is 0 Å². The van der Waals surface area contributed by atoms with E-state index in [-0.39, 0.29) is 29.7 Å². The Morgan fingerprint density at radius 2 is 1.33 bits per heavy atom. The number of likely N-dealkylation sites (tertiary alicyclic amines) is 1. The molecular weight excluding hydrogens is 771 g/mol. The Labute approximate surface area is 362 Å². The van der Waals surface area contributed by atoms with Crippen LogP contribution in [0.1, 0.15) is 105 Å². The maximum absolute atomic E-state index is 13.3. The van der Waals surface area contributed by atoms with Crippen LogP contribution in [0.3, 0.4) is 0 Å². The smallest absolute Gasteiger partial charge is 0.410 e. The van der Waals surface area contributed by atoms with E-state index in [0.717, 1.165) is 85.3 Å². The number of rotatable bonds is 16. The molecule has 0 unspecified atom stereocenters. The highest BCUT2D eigenvalue weighted by Gasteiger charge is 2.38. The number of nitrogens with two attached hydrogens (primary N) is 1. The first-order chi connectivity index (χ1) is 29.2. The summed E-state index contributed by atoms with van der Waals surface area (Å²) in [7, 11) is 0. The number of ether oxygens (including phenoxy) is 3. The lowest BCUT2D eigenvalue weighted by atomic mass is 9.98. The Morgan fingerprint density at radius 3 is 1.90 bits per heavy atom. The Hall–Kier alpha value is -4.93. The molecule has 0 bridgehead atoms. The third-order valence-corrected chi connectivity index (χ3v) is 10.8. The van der Waals surface area contributed by atoms with Crippen molar-refractivity contribution in [2.45, 2.75) is 117 Å². The summed E-state index contributed by atoms with van der Waals surface area (Å²) >= 11 is 0. The normalized spacial score (nSPS) is 19.1. The van der Waals surface area contributed by atoms with Crippen molar-refractivity contribution in [2.75, 3.05) is 32.0 Å². The van der Waals surface area contributed by atoms with Gasteiger partial charge >= 0.3 is 6.09 Å². The molecule has 6 rings (SSSR count). The van der Waals surface area contributed by atoms with Crippen LogP contribution in [-0.2, 0) is 27.1 Å². The lowest BCUT2D eigenvalue weighted by Crippen LogP contribution is -2.36. The molecule has 0 spiro atoms. The van der Waals surface area contributed by atoms with Gasteiger partial charge in [0.25, 0.3) is 0 Å². The van der Waals surface area contributed by atoms with E-state index >= 15 is 0 Å². The minimum atomic E-state index is -0.533. The predicted molar refractivity (Wildman–Crippen MR) is 242 cm³/mol. The molecule has 4 atom stereocenters. The average Bonchev–Trinajstić information content (AvgIpc) is 3.79. The molecule has 3 heterocycles. The van der Waals surface area contributed by atoms with Crippen molar-refractivity contribution in [2.24, 2.45) is 11.8 Å². The molecule has 8 nitrogen and oxygen atoms in total. The molecule has 1 saturated carbocycles. The maximum atomic E-state index is 13.3. The van der Waals surface area contributed by atoms with Gasteiger partial charge in [-0.05, 0) is 170 Å². The van der Waals surface area contributed by atoms with Crippen LogP contribution < -0.4 is 5.73 Å². The zero-order valence-corrected chi connectivity index (χ0v) is 37.0. The van der Waals surface area contributed by atoms with E-state index in [1.165, 1.54) is 36.6 Å². The first-order valence-corrected chi connectivity index (χ1v) is 21.9. The molecule has 2 aromatic heterocycles. The van der Waals surface area contributed by atoms with Crippen molar-refractivity contribution in [1.29, 1.82) is 0 Å². The summed E-state index contributed by atoms with van der Waals surface area (Å²) in [5, 5.41) is 0. The summed E-state index contributed by atoms with van der Waals surface area (Å²) in [4.78, 5) is 23.6. The summed E-state index contributed by atoms with van der Waals surface area (Å²) in [5.41, 5.74) is 12.5. The maximum Gasteiger partial charge on any atom is 0.410 e. The minimum Gasteiger partial charge on any atom is -0.444 e. The van der Waals surface area contributed by atoms with Gasteiger partial charge in [-0.1, -0.05) is 55.0 Å². The van der Waals surface area contributed by atoms with Gasteiger partial charge in [0.2, 0.25) is 0 Å². The van der Waals surface area contributed by atoms with Crippen molar-refractivity contribution in [3.8, 4) is 0 Å². The number of hydrogen-bond acceptors (Lipinski definition) is 7. The van der Waals surface area contributed by atoms with Gasteiger partial charge in [0.1, 0.15) is 23.1 Å². The molecule has 2 aliphatic rings. The van der Waals surface area contributed by atoms with Crippen molar-refractivity contribution in [1.82, 2.24) is 14.9 Å². The van der Waals surface area contributed by atoms with Crippen LogP contribution in [0.2, 0.25) is 0 Å². The van der Waals surface area contributed by atoms with Crippen molar-refractivity contribution >= 4 is 24.1 Å². The third-order valence-electron chi connectivity index (χ3n) is 10.8. The largest absolute Gasteiger partial charge is 0.444 e. The first-order valence-electron chi connectivity index (χ1n) is 21.9. The van der Waals surface area contributed by atoms with Gasteiger partial charge in [0.05, 0.1) is 18.8 Å². The van der Waals surface area contributed by atoms with Crippen LogP contribution in [0.25, 0.3) is 12.2 Å². The zero-order chi connectivity index (χ0) is 43.8. The van der Waals surface area contributed by atoms with Crippen LogP contribution in [0, 0.1) is 44.2 Å². The number of anilines is 1. The van der Waals surface area contributed by atoms with Crippen molar-refractivity contribution in [3.05, 3.63) is 136 Å². The van der Waals surface area contributed by atoms with E-state index in [9.17, 15) is 13.6 Å². The number of aryl methyl sites for hydroxylation is 3. The summed E-state index contributed by atoms with van der Waals surface area (Å²) in [6.45, 7) is 14.2. The number of aromatic nitrogens is 2. The second-order valence-electron chi connectivity index (χ2n) is 17.6. The SMILES string of the molecule is Cc1cc(C)nc(C[C@@H]2CN(C(=O)OC(C)(C)C)C[C@@H]2OCCC/C=C/c2cccc(F)c2)c1.Cc1cc(N)nc(C[C@@H]2CCC[C@@H]2OCCC/C=C/c2cccc(F)c2)c1. The number of benzene rings is 2. The predicted octanol–water partition coefficient (Wildman–Crippen LogP) is 11.5. The number of carbonyl (C=O) groups is 1. The highest BCUT2D eigenvalue weighted by Crippen LogP contribution is 2.32. The summed E-state index contributed by atoms with van der Waals surface area (Å²) in [6.07, 6.45) is 16.8. The number of hydrogen-bond donors (Lipinski definition) is 1. The summed E-state index contributed by atoms with van der Waals surface area (Å²) in [5.74, 6) is 0.861. The number of carbonyl (C=O) groups excluding carboxylic acids is 1. The molecule has 1 saturated heterocycles. The molecule has 0 radical (unpaired) electrons. The Bertz CT molecular complexity index is 2020. The summed E-state index contributed by atoms with van der Waals surface area (Å²) < 4.78 is 44.5. The van der Waals surface area contributed by atoms with E-state index in [4.69, 9.17) is 24.9 Å². The molecule has 4 aromatic rings. The molecule has 1 aliphatic heterocycles. The topological polar surface area (TPSA) is 99.8 Å². The number of allylic oxidation sites excluding steroid dienone is 2. The van der Waals surface area contributed by atoms with E-state index in [0.29, 0.717) is 37.5 Å². The highest BCUT2D eigenvalue weighted by atomic mass is 19.1. The fraction of sp³-hybridized carbons (Fsp3) is 0.471. The van der Waals surface area contributed by atoms with Crippen molar-refractivity contribution < 1.29 is 27.8 Å². The molecule has 2 aromatic carbocycles. The number of amides is 1. The van der Waals surface area contributed by atoms with E-state index in [2.05, 4.69) is 43.1 Å². The van der Waals surface area contributed by atoms with Gasteiger partial charge in [-0.15, -0.1) is 0 Å². The Morgan fingerprint density at radius 1 is 0.754 bits per heavy atom. The van der Waals surface area contributed by atoms with Gasteiger partial charge in [-0.3, -0.25) is 4.98 Å². The zero-order valence-electron chi connectivity index (χ0n) is 37.0. The number of nitrogens with zero attached hydrogens (tertiary/aromatic N) is 3. The lowest BCUT2D eigenvalue weighted by Gasteiger charge is -2.24. The molecule has 328 valence electrons. The van der Waals surface area contributed by atoms with Gasteiger partial charge in [0, 0.05) is 42.8 Å². The highest BCUT2D eigenvalue weighted by molar-refractivity contribution is 5.68. The molecular formula is C51H66F2N4O4. The third kappa shape index (κ3) is 16.8. The molecule has 10 heteroatoms. The number of unbranched alkanes of at least 4 members (excludes halogenated alkanes) is 2. The van der Waals surface area contributed by atoms with Crippen LogP contribution in [0.4, 0.5) is 19.4 Å². The van der Waals surface area contributed by atoms with E-state index < -0.39 is 5.60 Å². The van der Waals surface area contributed by atoms with Crippen molar-refractivity contribution in [3.63, 3.8) is 0 Å².